The van der Waals surface area contributed by atoms with Crippen molar-refractivity contribution in [3.63, 3.8) is 0 Å². The minimum atomic E-state index is -3.82. The Kier molecular flexibility index (Phi) is 4.93. The summed E-state index contributed by atoms with van der Waals surface area (Å²) in [5, 5.41) is 10.0. The first-order valence-electron chi connectivity index (χ1n) is 6.78. The van der Waals surface area contributed by atoms with Crippen molar-refractivity contribution in [1.82, 2.24) is 0 Å². The van der Waals surface area contributed by atoms with Crippen LogP contribution in [0, 0.1) is 0 Å². The molecule has 1 aromatic heterocycles. The zero-order valence-corrected chi connectivity index (χ0v) is 14.1. The van der Waals surface area contributed by atoms with Gasteiger partial charge >= 0.3 is 10.1 Å². The normalized spacial score (nSPS) is 12.0. The Balaban J connectivity index is 2.27. The lowest BCUT2D eigenvalue weighted by molar-refractivity contribution is -0.709. The maximum atomic E-state index is 11.8. The molecule has 0 aliphatic carbocycles. The van der Waals surface area contributed by atoms with E-state index in [1.807, 2.05) is 31.1 Å². The third kappa shape index (κ3) is 4.59. The Hall–Kier alpha value is -2.81. The highest BCUT2D eigenvalue weighted by molar-refractivity contribution is 7.86. The fourth-order valence-electron chi connectivity index (χ4n) is 1.80. The largest absolute Gasteiger partial charge is 0.454 e. The summed E-state index contributed by atoms with van der Waals surface area (Å²) in [5.41, 5.74) is 0.731. The first-order valence-corrected chi connectivity index (χ1v) is 8.60. The Labute approximate surface area is 138 Å². The second-order valence-corrected chi connectivity index (χ2v) is 6.76. The Morgan fingerprint density at radius 3 is 2.38 bits per heavy atom. The molecule has 1 heterocycles. The molecule has 0 aliphatic heterocycles. The van der Waals surface area contributed by atoms with Gasteiger partial charge in [0.1, 0.15) is 6.26 Å². The van der Waals surface area contributed by atoms with Gasteiger partial charge in [-0.25, -0.2) is 0 Å². The van der Waals surface area contributed by atoms with E-state index >= 15 is 0 Å². The van der Waals surface area contributed by atoms with Crippen LogP contribution >= 0.6 is 0 Å². The van der Waals surface area contributed by atoms with Crippen molar-refractivity contribution in [2.75, 3.05) is 25.3 Å². The van der Waals surface area contributed by atoms with Gasteiger partial charge in [0.2, 0.25) is 11.2 Å². The molecule has 2 aromatic rings. The SMILES string of the molecule is CN(C)c1ccc(/[N+](O)=C/c2cc(=O)c(OS(C)(=O)=O)co2)cc1. The van der Waals surface area contributed by atoms with Crippen LogP contribution in [-0.4, -0.2) is 44.9 Å². The van der Waals surface area contributed by atoms with Crippen LogP contribution in [0.5, 0.6) is 5.75 Å². The molecule has 0 amide bonds. The first kappa shape index (κ1) is 17.5. The van der Waals surface area contributed by atoms with Crippen LogP contribution < -0.4 is 14.5 Å². The van der Waals surface area contributed by atoms with Crippen LogP contribution in [0.3, 0.4) is 0 Å². The maximum Gasteiger partial charge on any atom is 0.306 e. The quantitative estimate of drug-likeness (QED) is 0.283. The number of benzene rings is 1. The molecule has 24 heavy (non-hydrogen) atoms. The molecule has 0 atom stereocenters. The molecule has 0 saturated carbocycles. The van der Waals surface area contributed by atoms with Gasteiger partial charge in [-0.15, -0.1) is 0 Å². The molecule has 2 rings (SSSR count). The van der Waals surface area contributed by atoms with Gasteiger partial charge < -0.3 is 13.5 Å². The second kappa shape index (κ2) is 6.75. The van der Waals surface area contributed by atoms with E-state index in [9.17, 15) is 18.4 Å². The Morgan fingerprint density at radius 2 is 1.88 bits per heavy atom. The standard InChI is InChI=1S/C15H17N2O6S/c1-16(2)11-4-6-12(7-5-11)17(19)9-13-8-14(18)15(10-22-13)23-24(3,20)21/h4-10,19H,1-3H3/q+1/b17-9-. The lowest BCUT2D eigenvalue weighted by atomic mass is 10.2. The molecular weight excluding hydrogens is 336 g/mol. The fourth-order valence-corrected chi connectivity index (χ4v) is 2.25. The summed E-state index contributed by atoms with van der Waals surface area (Å²) in [6.45, 7) is 0. The van der Waals surface area contributed by atoms with Crippen LogP contribution in [-0.2, 0) is 10.1 Å². The lowest BCUT2D eigenvalue weighted by Gasteiger charge is -2.10. The summed E-state index contributed by atoms with van der Waals surface area (Å²) >= 11 is 0. The number of hydrogen-bond acceptors (Lipinski definition) is 7. The van der Waals surface area contributed by atoms with E-state index in [1.165, 1.54) is 6.21 Å². The molecule has 1 aromatic carbocycles. The van der Waals surface area contributed by atoms with E-state index in [0.717, 1.165) is 29.0 Å². The molecule has 0 bridgehead atoms. The molecule has 1 N–H and O–H groups in total. The van der Waals surface area contributed by atoms with Gasteiger partial charge in [0.15, 0.2) is 5.76 Å². The summed E-state index contributed by atoms with van der Waals surface area (Å²) in [4.78, 5) is 13.7. The Bertz CT molecular complexity index is 914. The predicted octanol–water partition coefficient (Wildman–Crippen LogP) is 1.20. The van der Waals surface area contributed by atoms with Crippen molar-refractivity contribution in [3.05, 3.63) is 52.6 Å². The molecular formula is C15H17N2O6S+. The molecule has 8 nitrogen and oxygen atoms in total. The molecule has 128 valence electrons. The van der Waals surface area contributed by atoms with Crippen molar-refractivity contribution in [3.8, 4) is 5.75 Å². The molecule has 0 radical (unpaired) electrons. The number of anilines is 1. The van der Waals surface area contributed by atoms with Gasteiger partial charge in [-0.3, -0.25) is 10.0 Å². The molecule has 9 heteroatoms. The van der Waals surface area contributed by atoms with Crippen LogP contribution in [0.2, 0.25) is 0 Å². The molecule has 0 unspecified atom stereocenters. The van der Waals surface area contributed by atoms with Crippen LogP contribution in [0.25, 0.3) is 0 Å². The fraction of sp³-hybridized carbons (Fsp3) is 0.200. The third-order valence-corrected chi connectivity index (χ3v) is 3.42. The second-order valence-electron chi connectivity index (χ2n) is 5.18. The van der Waals surface area contributed by atoms with Crippen molar-refractivity contribution in [1.29, 1.82) is 0 Å². The van der Waals surface area contributed by atoms with Crippen LogP contribution in [0.15, 0.2) is 45.8 Å². The molecule has 0 fully saturated rings. The highest BCUT2D eigenvalue weighted by atomic mass is 32.2. The summed E-state index contributed by atoms with van der Waals surface area (Å²) in [6, 6.07) is 8.01. The topological polar surface area (TPSA) is 100 Å². The van der Waals surface area contributed by atoms with Gasteiger partial charge in [-0.05, 0) is 12.1 Å². The summed E-state index contributed by atoms with van der Waals surface area (Å²) in [6.07, 6.45) is 2.87. The minimum absolute atomic E-state index is 0.0278. The average Bonchev–Trinajstić information content (AvgIpc) is 2.49. The van der Waals surface area contributed by atoms with E-state index in [1.54, 1.807) is 12.1 Å². The highest BCUT2D eigenvalue weighted by Crippen LogP contribution is 2.17. The van der Waals surface area contributed by atoms with Gasteiger partial charge in [-0.1, -0.05) is 0 Å². The van der Waals surface area contributed by atoms with Crippen molar-refractivity contribution >= 4 is 27.7 Å². The van der Waals surface area contributed by atoms with E-state index in [0.29, 0.717) is 5.69 Å². The highest BCUT2D eigenvalue weighted by Gasteiger charge is 2.13. The monoisotopic (exact) mass is 353 g/mol. The minimum Gasteiger partial charge on any atom is -0.454 e. The van der Waals surface area contributed by atoms with Gasteiger partial charge in [0, 0.05) is 42.7 Å². The first-order chi connectivity index (χ1) is 11.2. The lowest BCUT2D eigenvalue weighted by Crippen LogP contribution is -2.14. The van der Waals surface area contributed by atoms with Gasteiger partial charge in [-0.2, -0.15) is 8.42 Å². The van der Waals surface area contributed by atoms with E-state index < -0.39 is 21.3 Å². The third-order valence-electron chi connectivity index (χ3n) is 2.94. The van der Waals surface area contributed by atoms with E-state index in [-0.39, 0.29) is 5.76 Å². The average molecular weight is 353 g/mol. The molecule has 0 spiro atoms. The number of nitrogens with zero attached hydrogens (tertiary/aromatic N) is 2. The van der Waals surface area contributed by atoms with Crippen molar-refractivity contribution in [2.45, 2.75) is 0 Å². The van der Waals surface area contributed by atoms with Crippen LogP contribution in [0.4, 0.5) is 11.4 Å². The zero-order valence-electron chi connectivity index (χ0n) is 13.3. The van der Waals surface area contributed by atoms with Crippen molar-refractivity contribution < 1.29 is 27.0 Å². The summed E-state index contributed by atoms with van der Waals surface area (Å²) in [5.74, 6) is -0.422. The zero-order chi connectivity index (χ0) is 17.9. The number of hydrogen-bond donors (Lipinski definition) is 1. The smallest absolute Gasteiger partial charge is 0.306 e. The van der Waals surface area contributed by atoms with Crippen LogP contribution in [0.1, 0.15) is 5.76 Å². The van der Waals surface area contributed by atoms with E-state index in [4.69, 9.17) is 4.42 Å². The maximum absolute atomic E-state index is 11.8. The summed E-state index contributed by atoms with van der Waals surface area (Å²) < 4.78 is 32.4. The van der Waals surface area contributed by atoms with Gasteiger partial charge in [0.25, 0.3) is 11.9 Å². The molecule has 0 saturated heterocycles. The predicted molar refractivity (Wildman–Crippen MR) is 88.1 cm³/mol. The van der Waals surface area contributed by atoms with E-state index in [2.05, 4.69) is 4.18 Å². The summed E-state index contributed by atoms with van der Waals surface area (Å²) in [7, 11) is -0.0328. The van der Waals surface area contributed by atoms with Crippen molar-refractivity contribution in [2.24, 2.45) is 0 Å². The molecule has 0 aliphatic rings. The van der Waals surface area contributed by atoms with Gasteiger partial charge in [0.05, 0.1) is 6.26 Å². The number of rotatable bonds is 5. The Morgan fingerprint density at radius 1 is 1.25 bits per heavy atom.